The van der Waals surface area contributed by atoms with E-state index in [9.17, 15) is 12.9 Å². The molecule has 0 aliphatic rings. The molecular weight excluding hydrogens is 174 g/mol. The molecule has 2 N–H and O–H groups in total. The lowest BCUT2D eigenvalue weighted by atomic mass is 9.98. The fourth-order valence-electron chi connectivity index (χ4n) is 0.591. The molecule has 0 rings (SSSR count). The summed E-state index contributed by atoms with van der Waals surface area (Å²) in [5.74, 6) is 0. The number of hydrogen-bond acceptors (Lipinski definition) is 2. The maximum absolute atomic E-state index is 11.7. The minimum absolute atomic E-state index is 0.0171. The van der Waals surface area contributed by atoms with E-state index < -0.39 is 12.6 Å². The highest BCUT2D eigenvalue weighted by molar-refractivity contribution is 8.01. The van der Waals surface area contributed by atoms with Crippen molar-refractivity contribution in [3.63, 3.8) is 0 Å². The maximum atomic E-state index is 11.7. The summed E-state index contributed by atoms with van der Waals surface area (Å²) in [6, 6.07) is 0. The van der Waals surface area contributed by atoms with Gasteiger partial charge in [0.2, 0.25) is 0 Å². The summed E-state index contributed by atoms with van der Waals surface area (Å²) in [5, 5.41) is 0.0171. The van der Waals surface area contributed by atoms with Gasteiger partial charge in [0.15, 0.2) is 0 Å². The second-order valence-electron chi connectivity index (χ2n) is 2.43. The van der Waals surface area contributed by atoms with Gasteiger partial charge in [0.25, 0.3) is 0 Å². The van der Waals surface area contributed by atoms with Crippen molar-refractivity contribution in [2.24, 2.45) is 5.73 Å². The van der Waals surface area contributed by atoms with Crippen molar-refractivity contribution in [1.29, 1.82) is 0 Å². The predicted molar refractivity (Wildman–Crippen MR) is 44.7 cm³/mol. The molecule has 1 nitrogen and oxygen atoms in total. The number of hydrogen-bond donors (Lipinski definition) is 1. The Morgan fingerprint density at radius 2 is 2.00 bits per heavy atom. The molecule has 0 aromatic carbocycles. The third-order valence-corrected chi connectivity index (χ3v) is 2.52. The van der Waals surface area contributed by atoms with Crippen LogP contribution in [0.5, 0.6) is 0 Å². The first-order valence-electron chi connectivity index (χ1n) is 3.48. The maximum Gasteiger partial charge on any atom is 0.488 e. The van der Waals surface area contributed by atoms with Gasteiger partial charge in [-0.3, -0.25) is 0 Å². The van der Waals surface area contributed by atoms with Crippen LogP contribution in [-0.4, -0.2) is 24.4 Å². The summed E-state index contributed by atoms with van der Waals surface area (Å²) >= 11 is 0.931. The topological polar surface area (TPSA) is 26.0 Å². The van der Waals surface area contributed by atoms with Crippen LogP contribution in [0.2, 0.25) is 0 Å². The molecule has 0 heterocycles. The Morgan fingerprint density at radius 3 is 2.36 bits per heavy atom. The molecule has 0 aromatic rings. The Kier molecular flexibility index (Phi) is 5.00. The molecule has 0 aromatic heterocycles. The second kappa shape index (κ2) is 4.93. The SMILES string of the molecule is CC(CCN)SC[B-](F)(F)F. The minimum Gasteiger partial charge on any atom is -0.448 e. The summed E-state index contributed by atoms with van der Waals surface area (Å²) in [6.45, 7) is -2.40. The Morgan fingerprint density at radius 1 is 1.45 bits per heavy atom. The van der Waals surface area contributed by atoms with Gasteiger partial charge >= 0.3 is 6.98 Å². The molecular formula is C5H12BF3NS-. The van der Waals surface area contributed by atoms with E-state index in [0.717, 1.165) is 11.8 Å². The molecule has 68 valence electrons. The first-order valence-corrected chi connectivity index (χ1v) is 4.53. The molecule has 6 heteroatoms. The monoisotopic (exact) mass is 186 g/mol. The average molecular weight is 186 g/mol. The van der Waals surface area contributed by atoms with Crippen molar-refractivity contribution >= 4 is 18.7 Å². The zero-order valence-electron chi connectivity index (χ0n) is 6.40. The van der Waals surface area contributed by atoms with E-state index in [1.165, 1.54) is 0 Å². The third kappa shape index (κ3) is 8.07. The van der Waals surface area contributed by atoms with E-state index in [4.69, 9.17) is 5.73 Å². The second-order valence-corrected chi connectivity index (χ2v) is 3.90. The van der Waals surface area contributed by atoms with Crippen molar-refractivity contribution in [2.45, 2.75) is 18.6 Å². The number of thioether (sulfide) groups is 1. The molecule has 11 heavy (non-hydrogen) atoms. The molecule has 0 spiro atoms. The lowest BCUT2D eigenvalue weighted by molar-refractivity contribution is 0.485. The number of nitrogens with two attached hydrogens (primary N) is 1. The normalized spacial score (nSPS) is 15.0. The van der Waals surface area contributed by atoms with Crippen molar-refractivity contribution in [3.8, 4) is 0 Å². The summed E-state index contributed by atoms with van der Waals surface area (Å²) < 4.78 is 35.0. The van der Waals surface area contributed by atoms with Gasteiger partial charge in [-0.15, -0.1) is 0 Å². The zero-order chi connectivity index (χ0) is 8.91. The van der Waals surface area contributed by atoms with Crippen LogP contribution < -0.4 is 5.73 Å². The number of rotatable bonds is 5. The van der Waals surface area contributed by atoms with Gasteiger partial charge in [-0.25, -0.2) is 0 Å². The number of halogens is 3. The Balaban J connectivity index is 3.38. The minimum atomic E-state index is -4.62. The Bertz CT molecular complexity index is 108. The fraction of sp³-hybridized carbons (Fsp3) is 1.00. The van der Waals surface area contributed by atoms with E-state index in [2.05, 4.69) is 0 Å². The molecule has 0 fully saturated rings. The smallest absolute Gasteiger partial charge is 0.448 e. The third-order valence-electron chi connectivity index (χ3n) is 1.14. The first kappa shape index (κ1) is 11.2. The lowest BCUT2D eigenvalue weighted by Gasteiger charge is -2.16. The quantitative estimate of drug-likeness (QED) is 0.663. The molecule has 1 atom stereocenters. The van der Waals surface area contributed by atoms with Crippen LogP contribution in [0, 0.1) is 0 Å². The summed E-state index contributed by atoms with van der Waals surface area (Å²) in [6.07, 6.45) is 0.650. The van der Waals surface area contributed by atoms with Crippen LogP contribution in [0.1, 0.15) is 13.3 Å². The average Bonchev–Trinajstić information content (AvgIpc) is 1.83. The van der Waals surface area contributed by atoms with Crippen LogP contribution in [0.25, 0.3) is 0 Å². The van der Waals surface area contributed by atoms with Crippen molar-refractivity contribution in [2.75, 3.05) is 12.2 Å². The molecule has 0 saturated carbocycles. The molecule has 0 saturated heterocycles. The summed E-state index contributed by atoms with van der Waals surface area (Å²) in [7, 11) is 0. The van der Waals surface area contributed by atoms with Gasteiger partial charge in [-0.05, 0) is 18.6 Å². The van der Waals surface area contributed by atoms with Gasteiger partial charge in [0.05, 0.1) is 0 Å². The molecule has 0 aliphatic carbocycles. The molecule has 0 amide bonds. The first-order chi connectivity index (χ1) is 4.95. The fourth-order valence-corrected chi connectivity index (χ4v) is 1.44. The highest BCUT2D eigenvalue weighted by Crippen LogP contribution is 2.21. The summed E-state index contributed by atoms with van der Waals surface area (Å²) in [5.41, 5.74) is 4.47. The van der Waals surface area contributed by atoms with Crippen LogP contribution in [-0.2, 0) is 0 Å². The van der Waals surface area contributed by atoms with E-state index in [1.54, 1.807) is 6.92 Å². The largest absolute Gasteiger partial charge is 0.488 e. The highest BCUT2D eigenvalue weighted by Gasteiger charge is 2.23. The standard InChI is InChI=1S/C5H12BF3NS/c1-5(2-3-10)11-4-6(7,8)9/h5H,2-4,10H2,1H3/q-1. The summed E-state index contributed by atoms with van der Waals surface area (Å²) in [4.78, 5) is 0. The zero-order valence-corrected chi connectivity index (χ0v) is 7.21. The van der Waals surface area contributed by atoms with Gasteiger partial charge in [-0.1, -0.05) is 6.92 Å². The van der Waals surface area contributed by atoms with Gasteiger partial charge in [-0.2, -0.15) is 11.8 Å². The Labute approximate surface area is 69.0 Å². The van der Waals surface area contributed by atoms with Crippen molar-refractivity contribution < 1.29 is 12.9 Å². The van der Waals surface area contributed by atoms with E-state index >= 15 is 0 Å². The molecule has 1 unspecified atom stereocenters. The predicted octanol–water partition coefficient (Wildman–Crippen LogP) is 1.84. The van der Waals surface area contributed by atoms with E-state index in [0.29, 0.717) is 13.0 Å². The van der Waals surface area contributed by atoms with Gasteiger partial charge in [0.1, 0.15) is 0 Å². The lowest BCUT2D eigenvalue weighted by Crippen LogP contribution is -2.21. The molecule has 0 bridgehead atoms. The van der Waals surface area contributed by atoms with E-state index in [1.807, 2.05) is 0 Å². The molecule has 0 radical (unpaired) electrons. The van der Waals surface area contributed by atoms with Crippen LogP contribution in [0.15, 0.2) is 0 Å². The van der Waals surface area contributed by atoms with Gasteiger partial charge in [0, 0.05) is 5.25 Å². The Hall–Kier alpha value is 0.165. The van der Waals surface area contributed by atoms with Crippen molar-refractivity contribution in [1.82, 2.24) is 0 Å². The van der Waals surface area contributed by atoms with E-state index in [-0.39, 0.29) is 5.25 Å². The van der Waals surface area contributed by atoms with Crippen LogP contribution in [0.4, 0.5) is 12.9 Å². The van der Waals surface area contributed by atoms with Gasteiger partial charge < -0.3 is 18.7 Å². The molecule has 0 aliphatic heterocycles. The van der Waals surface area contributed by atoms with Crippen LogP contribution >= 0.6 is 11.8 Å². The highest BCUT2D eigenvalue weighted by atomic mass is 32.2. The van der Waals surface area contributed by atoms with Crippen molar-refractivity contribution in [3.05, 3.63) is 0 Å². The van der Waals surface area contributed by atoms with Crippen LogP contribution in [0.3, 0.4) is 0 Å².